The molecule has 16 atom stereocenters. The topological polar surface area (TPSA) is 200 Å². The van der Waals surface area contributed by atoms with E-state index in [2.05, 4.69) is 0 Å². The van der Waals surface area contributed by atoms with Crippen molar-refractivity contribution in [3.05, 3.63) is 36.5 Å². The van der Waals surface area contributed by atoms with E-state index in [0.717, 1.165) is 0 Å². The lowest BCUT2D eigenvalue weighted by Crippen LogP contribution is -2.63. The molecule has 0 bridgehead atoms. The van der Waals surface area contributed by atoms with Crippen LogP contribution in [0.5, 0.6) is 0 Å². The fourth-order valence-corrected chi connectivity index (χ4v) is 6.84. The summed E-state index contributed by atoms with van der Waals surface area (Å²) in [5, 5.41) is 54.2. The Morgan fingerprint density at radius 1 is 0.880 bits per heavy atom. The number of ketones is 1. The molecular formula is C36H58O14. The van der Waals surface area contributed by atoms with Gasteiger partial charge in [-0.15, -0.1) is 0 Å². The molecule has 2 fully saturated rings. The summed E-state index contributed by atoms with van der Waals surface area (Å²) in [6, 6.07) is 0. The fraction of sp³-hybridized carbons (Fsp3) is 0.778. The third kappa shape index (κ3) is 10.3. The molecule has 3 heterocycles. The predicted octanol–water partition coefficient (Wildman–Crippen LogP) is 1.34. The van der Waals surface area contributed by atoms with Crippen molar-refractivity contribution in [1.82, 2.24) is 0 Å². The second-order valence-electron chi connectivity index (χ2n) is 14.3. The molecule has 14 nitrogen and oxygen atoms in total. The number of hydrogen-bond donors (Lipinski definition) is 5. The van der Waals surface area contributed by atoms with Crippen molar-refractivity contribution >= 4 is 11.8 Å². The summed E-state index contributed by atoms with van der Waals surface area (Å²) < 4.78 is 40.8. The van der Waals surface area contributed by atoms with E-state index in [1.54, 1.807) is 52.8 Å². The third-order valence-electron chi connectivity index (χ3n) is 10.0. The molecule has 0 aliphatic carbocycles. The number of rotatable bonds is 8. The van der Waals surface area contributed by atoms with Crippen molar-refractivity contribution in [3.8, 4) is 0 Å². The summed E-state index contributed by atoms with van der Waals surface area (Å²) in [5.74, 6) is -2.82. The maximum absolute atomic E-state index is 13.2. The molecule has 286 valence electrons. The van der Waals surface area contributed by atoms with Gasteiger partial charge in [0.2, 0.25) is 0 Å². The summed E-state index contributed by atoms with van der Waals surface area (Å²) >= 11 is 0. The highest BCUT2D eigenvalue weighted by Crippen LogP contribution is 2.36. The zero-order valence-electron chi connectivity index (χ0n) is 30.6. The summed E-state index contributed by atoms with van der Waals surface area (Å²) in [7, 11) is 2.91. The van der Waals surface area contributed by atoms with Gasteiger partial charge >= 0.3 is 5.97 Å². The van der Waals surface area contributed by atoms with Crippen LogP contribution in [-0.2, 0) is 42.7 Å². The number of esters is 1. The van der Waals surface area contributed by atoms with Gasteiger partial charge in [0.1, 0.15) is 41.7 Å². The molecule has 0 aromatic rings. The van der Waals surface area contributed by atoms with Gasteiger partial charge in [0.15, 0.2) is 18.4 Å². The highest BCUT2D eigenvalue weighted by Gasteiger charge is 2.52. The molecule has 0 amide bonds. The molecule has 0 aromatic heterocycles. The maximum Gasteiger partial charge on any atom is 0.330 e. The molecule has 14 heteroatoms. The molecule has 50 heavy (non-hydrogen) atoms. The van der Waals surface area contributed by atoms with Crippen molar-refractivity contribution in [3.63, 3.8) is 0 Å². The number of cyclic esters (lactones) is 1. The Kier molecular flexibility index (Phi) is 15.3. The molecule has 5 N–H and O–H groups in total. The van der Waals surface area contributed by atoms with Crippen LogP contribution in [0.4, 0.5) is 0 Å². The first-order valence-corrected chi connectivity index (χ1v) is 17.3. The normalized spacial score (nSPS) is 46.5. The van der Waals surface area contributed by atoms with E-state index in [1.165, 1.54) is 46.3 Å². The summed E-state index contributed by atoms with van der Waals surface area (Å²) in [6.45, 7) is 11.4. The zero-order valence-corrected chi connectivity index (χ0v) is 30.6. The summed E-state index contributed by atoms with van der Waals surface area (Å²) in [4.78, 5) is 26.3. The predicted molar refractivity (Wildman–Crippen MR) is 179 cm³/mol. The molecule has 0 spiro atoms. The van der Waals surface area contributed by atoms with E-state index in [-0.39, 0.29) is 19.4 Å². The molecule has 3 aliphatic rings. The standard InChI is InChI=1S/C36H58O14/c1-19-14-15-27(39)48-22(4)25(18-46-33-31(45-9)30(44-8)28(40)23(5)49-33)12-10-11-13-26(38)35(7,42)16-20(2)29(19)50-34-32(41)36(43,24(6)37)17-21(3)47-34/h10-15,19-25,28-34,37,40-43H,16-18H2,1-9H3/b12-10+,13-11+,15-14+/t19-,20-,21+,22+,23+,24-,25+,28+,29+,30+,31+,32-,33+,34-,35-,36-/m0/s1. The summed E-state index contributed by atoms with van der Waals surface area (Å²) in [5.41, 5.74) is -3.71. The number of aliphatic hydroxyl groups excluding tert-OH is 3. The van der Waals surface area contributed by atoms with Crippen LogP contribution >= 0.6 is 0 Å². The first kappa shape index (κ1) is 42.3. The number of carbonyl (C=O) groups excluding carboxylic acids is 2. The molecule has 0 unspecified atom stereocenters. The van der Waals surface area contributed by atoms with Gasteiger partial charge in [-0.2, -0.15) is 0 Å². The largest absolute Gasteiger partial charge is 0.459 e. The first-order valence-electron chi connectivity index (χ1n) is 17.3. The fourth-order valence-electron chi connectivity index (χ4n) is 6.84. The Hall–Kier alpha value is -2.08. The summed E-state index contributed by atoms with van der Waals surface area (Å²) in [6.07, 6.45) is -1.53. The van der Waals surface area contributed by atoms with Gasteiger partial charge in [-0.3, -0.25) is 4.79 Å². The average molecular weight is 715 g/mol. The number of hydrogen-bond acceptors (Lipinski definition) is 14. The van der Waals surface area contributed by atoms with Crippen LogP contribution in [0.25, 0.3) is 0 Å². The Labute approximate surface area is 295 Å². The second-order valence-corrected chi connectivity index (χ2v) is 14.3. The molecule has 0 radical (unpaired) electrons. The van der Waals surface area contributed by atoms with Gasteiger partial charge in [0.05, 0.1) is 31.0 Å². The number of methoxy groups -OCH3 is 2. The Morgan fingerprint density at radius 2 is 1.54 bits per heavy atom. The van der Waals surface area contributed by atoms with Crippen LogP contribution in [0.3, 0.4) is 0 Å². The quantitative estimate of drug-likeness (QED) is 0.226. The van der Waals surface area contributed by atoms with Crippen LogP contribution in [0.15, 0.2) is 36.5 Å². The number of carbonyl (C=O) groups is 2. The SMILES string of the molecule is CO[C@@H]1[C@H](O)[C@@H](C)O[C@@H](OC[C@H]2/C=C/C=C/C(=O)[C@@](C)(O)C[C@H](C)[C@H](O[C@@H]3O[C@H](C)C[C@](O)([C@H](C)O)[C@H]3O)[C@@H](C)/C=C/C(=O)O[C@@H]2C)[C@@H]1OC. The second kappa shape index (κ2) is 18.1. The van der Waals surface area contributed by atoms with Crippen molar-refractivity contribution in [1.29, 1.82) is 0 Å². The number of aliphatic hydroxyl groups is 5. The smallest absolute Gasteiger partial charge is 0.330 e. The van der Waals surface area contributed by atoms with Gasteiger partial charge in [-0.05, 0) is 53.0 Å². The Morgan fingerprint density at radius 3 is 2.16 bits per heavy atom. The zero-order chi connectivity index (χ0) is 37.6. The molecular weight excluding hydrogens is 656 g/mol. The van der Waals surface area contributed by atoms with Crippen LogP contribution in [0, 0.1) is 17.8 Å². The lowest BCUT2D eigenvalue weighted by molar-refractivity contribution is -0.322. The molecule has 2 saturated heterocycles. The molecule has 3 aliphatic heterocycles. The van der Waals surface area contributed by atoms with E-state index in [4.69, 9.17) is 33.2 Å². The van der Waals surface area contributed by atoms with E-state index in [1.807, 2.05) is 0 Å². The number of ether oxygens (including phenoxy) is 7. The van der Waals surface area contributed by atoms with E-state index in [9.17, 15) is 35.1 Å². The maximum atomic E-state index is 13.2. The minimum Gasteiger partial charge on any atom is -0.459 e. The van der Waals surface area contributed by atoms with E-state index >= 15 is 0 Å². The van der Waals surface area contributed by atoms with Gasteiger partial charge < -0.3 is 58.7 Å². The van der Waals surface area contributed by atoms with Gasteiger partial charge in [0.25, 0.3) is 0 Å². The molecule has 0 aromatic carbocycles. The van der Waals surface area contributed by atoms with E-state index in [0.29, 0.717) is 0 Å². The van der Waals surface area contributed by atoms with Crippen LogP contribution in [0.2, 0.25) is 0 Å². The van der Waals surface area contributed by atoms with Crippen molar-refractivity contribution in [2.45, 2.75) is 140 Å². The lowest BCUT2D eigenvalue weighted by atomic mass is 9.81. The number of allylic oxidation sites excluding steroid dienone is 2. The lowest BCUT2D eigenvalue weighted by Gasteiger charge is -2.47. The Balaban J connectivity index is 1.87. The monoisotopic (exact) mass is 714 g/mol. The molecule has 0 saturated carbocycles. The minimum absolute atomic E-state index is 0.00269. The van der Waals surface area contributed by atoms with Crippen molar-refractivity contribution in [2.24, 2.45) is 17.8 Å². The van der Waals surface area contributed by atoms with Crippen LogP contribution in [0.1, 0.15) is 61.3 Å². The highest BCUT2D eigenvalue weighted by molar-refractivity contribution is 5.96. The molecule has 3 rings (SSSR count). The van der Waals surface area contributed by atoms with Crippen LogP contribution < -0.4 is 0 Å². The average Bonchev–Trinajstić information content (AvgIpc) is 3.04. The van der Waals surface area contributed by atoms with Crippen molar-refractivity contribution < 1.29 is 68.3 Å². The van der Waals surface area contributed by atoms with Gasteiger partial charge in [-0.1, -0.05) is 38.2 Å². The Bertz CT molecular complexity index is 1200. The first-order chi connectivity index (χ1) is 23.4. The van der Waals surface area contributed by atoms with E-state index < -0.39 is 108 Å². The third-order valence-corrected chi connectivity index (χ3v) is 10.0. The highest BCUT2D eigenvalue weighted by atomic mass is 16.7. The minimum atomic E-state index is -1.90. The van der Waals surface area contributed by atoms with Gasteiger partial charge in [0, 0.05) is 38.6 Å². The van der Waals surface area contributed by atoms with Crippen molar-refractivity contribution in [2.75, 3.05) is 20.8 Å². The van der Waals surface area contributed by atoms with Crippen LogP contribution in [-0.4, -0.2) is 137 Å². The van der Waals surface area contributed by atoms with Gasteiger partial charge in [-0.25, -0.2) is 4.79 Å².